The molecule has 8 heteroatoms. The smallest absolute Gasteiger partial charge is 0.283 e. The molecule has 0 fully saturated rings. The van der Waals surface area contributed by atoms with Gasteiger partial charge in [0.25, 0.3) is 5.56 Å². The van der Waals surface area contributed by atoms with Crippen LogP contribution in [0.4, 0.5) is 0 Å². The summed E-state index contributed by atoms with van der Waals surface area (Å²) in [6.45, 7) is 0. The molecule has 0 saturated carbocycles. The van der Waals surface area contributed by atoms with E-state index in [0.717, 1.165) is 32.7 Å². The lowest BCUT2D eigenvalue weighted by atomic mass is 10.1. The quantitative estimate of drug-likeness (QED) is 0.190. The van der Waals surface area contributed by atoms with Gasteiger partial charge in [-0.3, -0.25) is 4.79 Å². The van der Waals surface area contributed by atoms with Crippen LogP contribution in [0.3, 0.4) is 0 Å². The van der Waals surface area contributed by atoms with Crippen molar-refractivity contribution >= 4 is 49.7 Å². The highest BCUT2D eigenvalue weighted by molar-refractivity contribution is 7.98. The number of ether oxygens (including phenoxy) is 2. The zero-order valence-electron chi connectivity index (χ0n) is 19.6. The summed E-state index contributed by atoms with van der Waals surface area (Å²) in [7, 11) is 3.20. The number of thiophene rings is 1. The van der Waals surface area contributed by atoms with Crippen molar-refractivity contribution in [3.63, 3.8) is 0 Å². The first kappa shape index (κ1) is 22.6. The van der Waals surface area contributed by atoms with Crippen molar-refractivity contribution < 1.29 is 9.47 Å². The Morgan fingerprint density at radius 1 is 0.917 bits per heavy atom. The van der Waals surface area contributed by atoms with E-state index in [0.29, 0.717) is 27.4 Å². The monoisotopic (exact) mass is 511 g/mol. The van der Waals surface area contributed by atoms with Crippen LogP contribution in [-0.2, 0) is 5.75 Å². The molecule has 3 heterocycles. The molecule has 6 aromatic rings. The maximum absolute atomic E-state index is 13.9. The van der Waals surface area contributed by atoms with Gasteiger partial charge in [-0.15, -0.1) is 11.3 Å². The van der Waals surface area contributed by atoms with E-state index in [4.69, 9.17) is 19.6 Å². The highest BCUT2D eigenvalue weighted by Gasteiger charge is 2.19. The number of hydrogen-bond acceptors (Lipinski definition) is 7. The van der Waals surface area contributed by atoms with Crippen molar-refractivity contribution in [2.75, 3.05) is 14.2 Å². The molecule has 6 rings (SSSR count). The first-order valence-corrected chi connectivity index (χ1v) is 13.2. The third-order valence-corrected chi connectivity index (χ3v) is 8.01. The molecule has 0 bridgehead atoms. The summed E-state index contributed by atoms with van der Waals surface area (Å²) in [5.41, 5.74) is 3.23. The molecule has 178 valence electrons. The van der Waals surface area contributed by atoms with Crippen LogP contribution in [0.15, 0.2) is 88.0 Å². The minimum atomic E-state index is -0.187. The Morgan fingerprint density at radius 3 is 2.44 bits per heavy atom. The lowest BCUT2D eigenvalue weighted by molar-refractivity contribution is 0.355. The Morgan fingerprint density at radius 2 is 1.67 bits per heavy atom. The zero-order valence-corrected chi connectivity index (χ0v) is 21.2. The number of thioether (sulfide) groups is 1. The molecule has 0 radical (unpaired) electrons. The maximum Gasteiger partial charge on any atom is 0.283 e. The Balaban J connectivity index is 1.55. The molecule has 0 unspecified atom stereocenters. The SMILES string of the molecule is COc1ccc(-c2csc3nc4c5ccccc5c(SCc5ccccc5)nn4c(=O)c23)cc1OC. The van der Waals surface area contributed by atoms with E-state index < -0.39 is 0 Å². The fourth-order valence-corrected chi connectivity index (χ4v) is 6.21. The largest absolute Gasteiger partial charge is 0.493 e. The van der Waals surface area contributed by atoms with Crippen LogP contribution in [-0.4, -0.2) is 28.8 Å². The number of fused-ring (bicyclic) bond motifs is 4. The molecule has 0 saturated heterocycles. The molecule has 36 heavy (non-hydrogen) atoms. The number of aromatic nitrogens is 3. The van der Waals surface area contributed by atoms with E-state index in [2.05, 4.69) is 12.1 Å². The van der Waals surface area contributed by atoms with Gasteiger partial charge in [0.2, 0.25) is 0 Å². The molecular formula is C28H21N3O3S2. The van der Waals surface area contributed by atoms with Crippen LogP contribution in [0.5, 0.6) is 11.5 Å². The van der Waals surface area contributed by atoms with Crippen LogP contribution < -0.4 is 15.0 Å². The summed E-state index contributed by atoms with van der Waals surface area (Å²) in [6.07, 6.45) is 0. The van der Waals surface area contributed by atoms with Gasteiger partial charge in [-0.05, 0) is 23.3 Å². The van der Waals surface area contributed by atoms with Crippen molar-refractivity contribution in [2.24, 2.45) is 0 Å². The predicted molar refractivity (Wildman–Crippen MR) is 147 cm³/mol. The molecule has 3 aromatic carbocycles. The lowest BCUT2D eigenvalue weighted by Crippen LogP contribution is -2.18. The minimum absolute atomic E-state index is 0.187. The van der Waals surface area contributed by atoms with Crippen LogP contribution >= 0.6 is 23.1 Å². The van der Waals surface area contributed by atoms with E-state index in [1.54, 1.807) is 26.0 Å². The molecule has 0 atom stereocenters. The molecular weight excluding hydrogens is 490 g/mol. The second-order valence-corrected chi connectivity index (χ2v) is 10.00. The normalized spacial score (nSPS) is 11.4. The number of rotatable bonds is 6. The van der Waals surface area contributed by atoms with E-state index in [-0.39, 0.29) is 5.56 Å². The summed E-state index contributed by atoms with van der Waals surface area (Å²) in [5, 5.41) is 10.0. The second-order valence-electron chi connectivity index (χ2n) is 8.18. The molecule has 0 spiro atoms. The summed E-state index contributed by atoms with van der Waals surface area (Å²) >= 11 is 3.07. The van der Waals surface area contributed by atoms with Gasteiger partial charge in [0, 0.05) is 27.5 Å². The van der Waals surface area contributed by atoms with E-state index >= 15 is 0 Å². The zero-order chi connectivity index (χ0) is 24.6. The fraction of sp³-hybridized carbons (Fsp3) is 0.107. The van der Waals surface area contributed by atoms with Gasteiger partial charge < -0.3 is 9.47 Å². The number of nitrogens with zero attached hydrogens (tertiary/aromatic N) is 3. The summed E-state index contributed by atoms with van der Waals surface area (Å²) in [4.78, 5) is 19.5. The maximum atomic E-state index is 13.9. The minimum Gasteiger partial charge on any atom is -0.493 e. The average molecular weight is 512 g/mol. The van der Waals surface area contributed by atoms with Crippen molar-refractivity contribution in [1.82, 2.24) is 14.6 Å². The number of methoxy groups -OCH3 is 2. The first-order chi connectivity index (χ1) is 17.7. The van der Waals surface area contributed by atoms with Crippen molar-refractivity contribution in [1.29, 1.82) is 0 Å². The molecule has 6 nitrogen and oxygen atoms in total. The van der Waals surface area contributed by atoms with Crippen LogP contribution in [0.2, 0.25) is 0 Å². The summed E-state index contributed by atoms with van der Waals surface area (Å²) in [6, 6.07) is 23.9. The van der Waals surface area contributed by atoms with Crippen LogP contribution in [0.25, 0.3) is 37.8 Å². The van der Waals surface area contributed by atoms with Gasteiger partial charge in [0.15, 0.2) is 17.1 Å². The molecule has 0 amide bonds. The Bertz CT molecular complexity index is 1800. The Hall–Kier alpha value is -3.88. The third kappa shape index (κ3) is 3.79. The predicted octanol–water partition coefficient (Wildman–Crippen LogP) is 6.43. The van der Waals surface area contributed by atoms with Crippen LogP contribution in [0.1, 0.15) is 5.56 Å². The first-order valence-electron chi connectivity index (χ1n) is 11.3. The summed E-state index contributed by atoms with van der Waals surface area (Å²) < 4.78 is 12.3. The molecule has 3 aromatic heterocycles. The van der Waals surface area contributed by atoms with E-state index in [1.807, 2.05) is 66.0 Å². The fourth-order valence-electron chi connectivity index (χ4n) is 4.31. The topological polar surface area (TPSA) is 65.7 Å². The van der Waals surface area contributed by atoms with Gasteiger partial charge in [0.1, 0.15) is 9.86 Å². The highest BCUT2D eigenvalue weighted by Crippen LogP contribution is 2.37. The van der Waals surface area contributed by atoms with Crippen molar-refractivity contribution in [3.8, 4) is 22.6 Å². The molecule has 0 aliphatic rings. The van der Waals surface area contributed by atoms with Gasteiger partial charge in [-0.2, -0.15) is 9.61 Å². The lowest BCUT2D eigenvalue weighted by Gasteiger charge is -2.11. The van der Waals surface area contributed by atoms with Crippen molar-refractivity contribution in [3.05, 3.63) is 94.1 Å². The Kier molecular flexibility index (Phi) is 5.83. The Labute approximate surface area is 215 Å². The van der Waals surface area contributed by atoms with E-state index in [1.165, 1.54) is 21.4 Å². The summed E-state index contributed by atoms with van der Waals surface area (Å²) in [5.74, 6) is 1.99. The molecule has 0 aliphatic heterocycles. The third-order valence-electron chi connectivity index (χ3n) is 6.09. The standard InChI is InChI=1S/C28H21N3O3S2/c1-33-22-13-12-18(14-23(22)34-2)21-16-36-27-24(21)28(32)31-25(29-27)19-10-6-7-11-20(19)26(30-31)35-15-17-8-4-3-5-9-17/h3-14,16H,15H2,1-2H3. The molecule has 0 aliphatic carbocycles. The van der Waals surface area contributed by atoms with Crippen LogP contribution in [0, 0.1) is 0 Å². The highest BCUT2D eigenvalue weighted by atomic mass is 32.2. The van der Waals surface area contributed by atoms with Gasteiger partial charge in [-0.1, -0.05) is 72.4 Å². The molecule has 0 N–H and O–H groups in total. The second kappa shape index (κ2) is 9.29. The van der Waals surface area contributed by atoms with Crippen molar-refractivity contribution in [2.45, 2.75) is 10.8 Å². The average Bonchev–Trinajstić information content (AvgIpc) is 3.36. The van der Waals surface area contributed by atoms with E-state index in [9.17, 15) is 4.79 Å². The van der Waals surface area contributed by atoms with Gasteiger partial charge in [0.05, 0.1) is 19.6 Å². The van der Waals surface area contributed by atoms with Gasteiger partial charge in [-0.25, -0.2) is 4.98 Å². The number of hydrogen-bond donors (Lipinski definition) is 0. The number of benzene rings is 3. The van der Waals surface area contributed by atoms with Gasteiger partial charge >= 0.3 is 0 Å².